The molecule has 0 saturated carbocycles. The van der Waals surface area contributed by atoms with E-state index in [4.69, 9.17) is 0 Å². The Morgan fingerprint density at radius 3 is 2.30 bits per heavy atom. The van der Waals surface area contributed by atoms with Crippen LogP contribution in [0.1, 0.15) is 29.8 Å². The van der Waals surface area contributed by atoms with Crippen molar-refractivity contribution in [2.45, 2.75) is 26.8 Å². The van der Waals surface area contributed by atoms with Crippen molar-refractivity contribution in [3.8, 4) is 5.75 Å². The van der Waals surface area contributed by atoms with E-state index in [9.17, 15) is 9.90 Å². The molecule has 1 amide bonds. The van der Waals surface area contributed by atoms with E-state index < -0.39 is 0 Å². The summed E-state index contributed by atoms with van der Waals surface area (Å²) in [7, 11) is 0. The van der Waals surface area contributed by atoms with E-state index in [0.717, 1.165) is 11.3 Å². The molecule has 0 heterocycles. The maximum Gasteiger partial charge on any atom is 0.262 e. The molecular formula is C17H19NO2. The van der Waals surface area contributed by atoms with Gasteiger partial charge in [0.05, 0.1) is 5.56 Å². The topological polar surface area (TPSA) is 40.5 Å². The summed E-state index contributed by atoms with van der Waals surface area (Å²) in [5.74, 6) is -0.166. The number of rotatable bonds is 3. The standard InChI is InChI=1S/C17H19NO2/c1-12(2)18(14-7-5-4-6-8-14)17(20)15-10-9-13(3)11-16(15)19/h4-12,19H,1-3H3. The SMILES string of the molecule is Cc1ccc(C(=O)N(c2ccccc2)C(C)C)c(O)c1. The van der Waals surface area contributed by atoms with Crippen molar-refractivity contribution >= 4 is 11.6 Å². The summed E-state index contributed by atoms with van der Waals surface area (Å²) in [5.41, 5.74) is 2.08. The number of carbonyl (C=O) groups is 1. The second kappa shape index (κ2) is 5.78. The summed E-state index contributed by atoms with van der Waals surface area (Å²) in [6, 6.07) is 14.6. The fourth-order valence-corrected chi connectivity index (χ4v) is 2.19. The Kier molecular flexibility index (Phi) is 4.08. The van der Waals surface area contributed by atoms with Gasteiger partial charge in [-0.15, -0.1) is 0 Å². The van der Waals surface area contributed by atoms with Gasteiger partial charge in [0.25, 0.3) is 5.91 Å². The van der Waals surface area contributed by atoms with Crippen LogP contribution in [0.5, 0.6) is 5.75 Å². The van der Waals surface area contributed by atoms with E-state index in [0.29, 0.717) is 5.56 Å². The van der Waals surface area contributed by atoms with Crippen LogP contribution in [0.15, 0.2) is 48.5 Å². The van der Waals surface area contributed by atoms with E-state index in [1.165, 1.54) is 0 Å². The number of aromatic hydroxyl groups is 1. The Morgan fingerprint density at radius 2 is 1.75 bits per heavy atom. The monoisotopic (exact) mass is 269 g/mol. The fourth-order valence-electron chi connectivity index (χ4n) is 2.19. The fraction of sp³-hybridized carbons (Fsp3) is 0.235. The van der Waals surface area contributed by atoms with Crippen molar-refractivity contribution in [1.29, 1.82) is 0 Å². The largest absolute Gasteiger partial charge is 0.507 e. The van der Waals surface area contributed by atoms with Crippen LogP contribution in [0, 0.1) is 6.92 Å². The highest BCUT2D eigenvalue weighted by Crippen LogP contribution is 2.25. The third kappa shape index (κ3) is 2.82. The summed E-state index contributed by atoms with van der Waals surface area (Å²) in [5, 5.41) is 9.99. The first kappa shape index (κ1) is 14.1. The molecule has 0 radical (unpaired) electrons. The maximum absolute atomic E-state index is 12.7. The third-order valence-corrected chi connectivity index (χ3v) is 3.15. The van der Waals surface area contributed by atoms with Gasteiger partial charge >= 0.3 is 0 Å². The summed E-state index contributed by atoms with van der Waals surface area (Å²) in [6.45, 7) is 5.79. The van der Waals surface area contributed by atoms with Crippen molar-refractivity contribution in [2.75, 3.05) is 4.90 Å². The summed E-state index contributed by atoms with van der Waals surface area (Å²) in [6.07, 6.45) is 0. The Balaban J connectivity index is 2.42. The van der Waals surface area contributed by atoms with Crippen LogP contribution in [-0.4, -0.2) is 17.1 Å². The molecule has 0 aliphatic carbocycles. The smallest absolute Gasteiger partial charge is 0.262 e. The van der Waals surface area contributed by atoms with Crippen molar-refractivity contribution < 1.29 is 9.90 Å². The summed E-state index contributed by atoms with van der Waals surface area (Å²) >= 11 is 0. The highest BCUT2D eigenvalue weighted by molar-refractivity contribution is 6.08. The number of para-hydroxylation sites is 1. The minimum atomic E-state index is -0.191. The summed E-state index contributed by atoms with van der Waals surface area (Å²) in [4.78, 5) is 14.4. The first-order chi connectivity index (χ1) is 9.50. The zero-order chi connectivity index (χ0) is 14.7. The average molecular weight is 269 g/mol. The van der Waals surface area contributed by atoms with Gasteiger partial charge in [0.1, 0.15) is 5.75 Å². The van der Waals surface area contributed by atoms with Gasteiger partial charge < -0.3 is 10.0 Å². The predicted molar refractivity (Wildman–Crippen MR) is 81.2 cm³/mol. The minimum absolute atomic E-state index is 0.00519. The van der Waals surface area contributed by atoms with Crippen molar-refractivity contribution in [2.24, 2.45) is 0 Å². The highest BCUT2D eigenvalue weighted by Gasteiger charge is 2.22. The molecule has 0 aromatic heterocycles. The molecule has 0 fully saturated rings. The number of aryl methyl sites for hydroxylation is 1. The molecule has 0 saturated heterocycles. The predicted octanol–water partition coefficient (Wildman–Crippen LogP) is 3.76. The Morgan fingerprint density at radius 1 is 1.10 bits per heavy atom. The van der Waals surface area contributed by atoms with Crippen molar-refractivity contribution in [1.82, 2.24) is 0 Å². The molecule has 2 aromatic carbocycles. The zero-order valence-corrected chi connectivity index (χ0v) is 12.0. The molecule has 0 aliphatic rings. The minimum Gasteiger partial charge on any atom is -0.507 e. The maximum atomic E-state index is 12.7. The van der Waals surface area contributed by atoms with E-state index in [2.05, 4.69) is 0 Å². The quantitative estimate of drug-likeness (QED) is 0.921. The Hall–Kier alpha value is -2.29. The van der Waals surface area contributed by atoms with Crippen LogP contribution in [0.25, 0.3) is 0 Å². The molecule has 3 nitrogen and oxygen atoms in total. The van der Waals surface area contributed by atoms with Crippen LogP contribution in [0.4, 0.5) is 5.69 Å². The third-order valence-electron chi connectivity index (χ3n) is 3.15. The van der Waals surface area contributed by atoms with E-state index in [1.54, 1.807) is 17.0 Å². The number of hydrogen-bond acceptors (Lipinski definition) is 2. The first-order valence-corrected chi connectivity index (χ1v) is 6.69. The number of anilines is 1. The summed E-state index contributed by atoms with van der Waals surface area (Å²) < 4.78 is 0. The van der Waals surface area contributed by atoms with Gasteiger partial charge in [-0.25, -0.2) is 0 Å². The van der Waals surface area contributed by atoms with Gasteiger partial charge in [0.2, 0.25) is 0 Å². The average Bonchev–Trinajstić information content (AvgIpc) is 2.39. The first-order valence-electron chi connectivity index (χ1n) is 6.69. The molecule has 0 atom stereocenters. The van der Waals surface area contributed by atoms with Gasteiger partial charge in [-0.3, -0.25) is 4.79 Å². The molecule has 0 unspecified atom stereocenters. The molecule has 2 rings (SSSR count). The van der Waals surface area contributed by atoms with Gasteiger partial charge in [0, 0.05) is 11.7 Å². The molecule has 0 bridgehead atoms. The molecule has 3 heteroatoms. The number of carbonyl (C=O) groups excluding carboxylic acids is 1. The van der Waals surface area contributed by atoms with Gasteiger partial charge in [-0.05, 0) is 50.6 Å². The normalized spacial score (nSPS) is 10.6. The number of benzene rings is 2. The lowest BCUT2D eigenvalue weighted by Gasteiger charge is -2.27. The molecule has 0 aliphatic heterocycles. The van der Waals surface area contributed by atoms with Crippen molar-refractivity contribution in [3.63, 3.8) is 0 Å². The Bertz CT molecular complexity index is 606. The van der Waals surface area contributed by atoms with Gasteiger partial charge in [0.15, 0.2) is 0 Å². The lowest BCUT2D eigenvalue weighted by atomic mass is 10.1. The van der Waals surface area contributed by atoms with Gasteiger partial charge in [-0.2, -0.15) is 0 Å². The molecule has 104 valence electrons. The van der Waals surface area contributed by atoms with Crippen LogP contribution in [-0.2, 0) is 0 Å². The van der Waals surface area contributed by atoms with Crippen molar-refractivity contribution in [3.05, 3.63) is 59.7 Å². The van der Waals surface area contributed by atoms with E-state index in [1.807, 2.05) is 57.2 Å². The van der Waals surface area contributed by atoms with E-state index >= 15 is 0 Å². The second-order valence-electron chi connectivity index (χ2n) is 5.13. The number of phenolic OH excluding ortho intramolecular Hbond substituents is 1. The molecule has 0 spiro atoms. The van der Waals surface area contributed by atoms with Crippen LogP contribution >= 0.6 is 0 Å². The van der Waals surface area contributed by atoms with Crippen LogP contribution in [0.3, 0.4) is 0 Å². The second-order valence-corrected chi connectivity index (χ2v) is 5.13. The van der Waals surface area contributed by atoms with Crippen LogP contribution in [0.2, 0.25) is 0 Å². The number of nitrogens with zero attached hydrogens (tertiary/aromatic N) is 1. The number of phenols is 1. The lowest BCUT2D eigenvalue weighted by Crippen LogP contribution is -2.37. The van der Waals surface area contributed by atoms with Gasteiger partial charge in [-0.1, -0.05) is 24.3 Å². The Labute approximate surface area is 119 Å². The number of hydrogen-bond donors (Lipinski definition) is 1. The van der Waals surface area contributed by atoms with E-state index in [-0.39, 0.29) is 17.7 Å². The van der Waals surface area contributed by atoms with Crippen LogP contribution < -0.4 is 4.90 Å². The molecular weight excluding hydrogens is 250 g/mol. The zero-order valence-electron chi connectivity index (χ0n) is 12.0. The molecule has 2 aromatic rings. The molecule has 1 N–H and O–H groups in total. The number of amides is 1. The highest BCUT2D eigenvalue weighted by atomic mass is 16.3. The molecule has 20 heavy (non-hydrogen) atoms. The lowest BCUT2D eigenvalue weighted by molar-refractivity contribution is 0.0977.